The normalized spacial score (nSPS) is 10.9. The molecule has 2 aromatic rings. The lowest BCUT2D eigenvalue weighted by atomic mass is 10.0. The zero-order valence-electron chi connectivity index (χ0n) is 16.8. The minimum atomic E-state index is -0.612. The third-order valence-electron chi connectivity index (χ3n) is 3.94. The molecule has 1 aromatic heterocycles. The minimum Gasteiger partial charge on any atom is -0.363 e. The Morgan fingerprint density at radius 3 is 2.45 bits per heavy atom. The number of carbonyl (C=O) groups excluding carboxylic acids is 1. The molecule has 1 heterocycles. The quantitative estimate of drug-likeness (QED) is 0.314. The van der Waals surface area contributed by atoms with Gasteiger partial charge in [0.05, 0.1) is 18.1 Å². The summed E-state index contributed by atoms with van der Waals surface area (Å²) in [4.78, 5) is 21.8. The smallest absolute Gasteiger partial charge is 0.267 e. The predicted molar refractivity (Wildman–Crippen MR) is 121 cm³/mol. The van der Waals surface area contributed by atoms with Gasteiger partial charge in [-0.1, -0.05) is 30.3 Å². The minimum absolute atomic E-state index is 0. The van der Waals surface area contributed by atoms with Crippen molar-refractivity contribution in [3.63, 3.8) is 0 Å². The summed E-state index contributed by atoms with van der Waals surface area (Å²) in [6.07, 6.45) is 6.87. The van der Waals surface area contributed by atoms with Gasteiger partial charge in [-0.3, -0.25) is 15.0 Å². The summed E-state index contributed by atoms with van der Waals surface area (Å²) in [6.45, 7) is 6.05. The lowest BCUT2D eigenvalue weighted by Crippen LogP contribution is -2.43. The highest BCUT2D eigenvalue weighted by Crippen LogP contribution is 2.14. The monoisotopic (exact) mass is 441 g/mol. The van der Waals surface area contributed by atoms with Gasteiger partial charge in [0.1, 0.15) is 5.82 Å². The van der Waals surface area contributed by atoms with Crippen molar-refractivity contribution < 1.29 is 10.0 Å². The molecule has 0 spiro atoms. The second-order valence-corrected chi connectivity index (χ2v) is 7.12. The van der Waals surface area contributed by atoms with Crippen molar-refractivity contribution in [3.05, 3.63) is 60.1 Å². The van der Waals surface area contributed by atoms with Crippen molar-refractivity contribution in [1.82, 2.24) is 20.3 Å². The Balaban J connectivity index is 0.00000392. The van der Waals surface area contributed by atoms with Crippen LogP contribution in [-0.2, 0) is 11.2 Å². The van der Waals surface area contributed by atoms with Gasteiger partial charge in [0, 0.05) is 24.7 Å². The highest BCUT2D eigenvalue weighted by molar-refractivity contribution is 5.90. The highest BCUT2D eigenvalue weighted by atomic mass is 35.5. The Hall–Kier alpha value is -2.19. The molecule has 9 heteroatoms. The van der Waals surface area contributed by atoms with Crippen molar-refractivity contribution in [3.8, 4) is 0 Å². The standard InChI is InChI=1S/C20H27N5O2.2ClH/c1-20(2,15-25(3)12-11-16-7-5-4-6-8-16)23-18-14-21-17(13-22-18)9-10-19(26)24-27;;/h4-10,13-14,27H,11-12,15H2,1-3H3,(H,22,23)(H,24,26);2*1H/b10-9+;;. The van der Waals surface area contributed by atoms with Gasteiger partial charge < -0.3 is 10.2 Å². The summed E-state index contributed by atoms with van der Waals surface area (Å²) >= 11 is 0. The van der Waals surface area contributed by atoms with Crippen LogP contribution >= 0.6 is 24.8 Å². The molecule has 0 aliphatic carbocycles. The maximum Gasteiger partial charge on any atom is 0.267 e. The molecule has 3 N–H and O–H groups in total. The van der Waals surface area contributed by atoms with Crippen LogP contribution < -0.4 is 10.8 Å². The van der Waals surface area contributed by atoms with E-state index >= 15 is 0 Å². The molecule has 0 aliphatic heterocycles. The summed E-state index contributed by atoms with van der Waals surface area (Å²) in [5, 5.41) is 11.9. The summed E-state index contributed by atoms with van der Waals surface area (Å²) < 4.78 is 0. The topological polar surface area (TPSA) is 90.4 Å². The predicted octanol–water partition coefficient (Wildman–Crippen LogP) is 3.20. The number of rotatable bonds is 9. The first-order valence-corrected chi connectivity index (χ1v) is 8.83. The van der Waals surface area contributed by atoms with Crippen LogP contribution in [0.15, 0.2) is 48.8 Å². The molecule has 0 unspecified atom stereocenters. The lowest BCUT2D eigenvalue weighted by molar-refractivity contribution is -0.124. The fourth-order valence-corrected chi connectivity index (χ4v) is 2.79. The first-order valence-electron chi connectivity index (χ1n) is 8.83. The van der Waals surface area contributed by atoms with Crippen LogP contribution in [0.4, 0.5) is 5.82 Å². The number of likely N-dealkylation sites (N-methyl/N-ethyl adjacent to an activating group) is 1. The van der Waals surface area contributed by atoms with E-state index in [2.05, 4.69) is 65.3 Å². The lowest BCUT2D eigenvalue weighted by Gasteiger charge is -2.31. The molecular formula is C20H29Cl2N5O2. The third kappa shape index (κ3) is 10.2. The number of halogens is 2. The molecule has 0 bridgehead atoms. The van der Waals surface area contributed by atoms with E-state index in [0.717, 1.165) is 19.5 Å². The molecule has 1 aromatic carbocycles. The van der Waals surface area contributed by atoms with Crippen molar-refractivity contribution in [1.29, 1.82) is 0 Å². The summed E-state index contributed by atoms with van der Waals surface area (Å²) in [5.41, 5.74) is 3.20. The van der Waals surface area contributed by atoms with Gasteiger partial charge >= 0.3 is 0 Å². The van der Waals surface area contributed by atoms with Gasteiger partial charge in [0.25, 0.3) is 5.91 Å². The van der Waals surface area contributed by atoms with E-state index in [4.69, 9.17) is 5.21 Å². The van der Waals surface area contributed by atoms with Crippen LogP contribution in [0.5, 0.6) is 0 Å². The maximum atomic E-state index is 11.0. The number of aromatic nitrogens is 2. The van der Waals surface area contributed by atoms with E-state index in [1.807, 2.05) is 6.07 Å². The molecule has 160 valence electrons. The fourth-order valence-electron chi connectivity index (χ4n) is 2.79. The zero-order valence-corrected chi connectivity index (χ0v) is 18.5. The first-order chi connectivity index (χ1) is 12.9. The molecule has 29 heavy (non-hydrogen) atoms. The largest absolute Gasteiger partial charge is 0.363 e. The van der Waals surface area contributed by atoms with Crippen LogP contribution in [0.25, 0.3) is 6.08 Å². The fraction of sp³-hybridized carbons (Fsp3) is 0.350. The van der Waals surface area contributed by atoms with Crippen molar-refractivity contribution >= 4 is 42.6 Å². The second-order valence-electron chi connectivity index (χ2n) is 7.12. The average Bonchev–Trinajstić information content (AvgIpc) is 2.65. The van der Waals surface area contributed by atoms with Crippen molar-refractivity contribution in [2.24, 2.45) is 0 Å². The molecule has 2 rings (SSSR count). The van der Waals surface area contributed by atoms with E-state index in [0.29, 0.717) is 11.5 Å². The highest BCUT2D eigenvalue weighted by Gasteiger charge is 2.20. The van der Waals surface area contributed by atoms with Crippen molar-refractivity contribution in [2.75, 3.05) is 25.5 Å². The van der Waals surface area contributed by atoms with Gasteiger partial charge in [0.15, 0.2) is 0 Å². The Kier molecular flexibility index (Phi) is 12.1. The molecule has 0 fully saturated rings. The Morgan fingerprint density at radius 1 is 1.17 bits per heavy atom. The number of nitrogens with zero attached hydrogens (tertiary/aromatic N) is 3. The number of anilines is 1. The van der Waals surface area contributed by atoms with Crippen LogP contribution in [0, 0.1) is 0 Å². The first kappa shape index (κ1) is 26.8. The molecule has 0 aliphatic rings. The SMILES string of the molecule is CN(CCc1ccccc1)CC(C)(C)Nc1cnc(/C=C/C(=O)NO)cn1.Cl.Cl. The number of amides is 1. The van der Waals surface area contributed by atoms with E-state index in [9.17, 15) is 4.79 Å². The van der Waals surface area contributed by atoms with Gasteiger partial charge in [0.2, 0.25) is 0 Å². The van der Waals surface area contributed by atoms with Crippen LogP contribution in [0.2, 0.25) is 0 Å². The van der Waals surface area contributed by atoms with Gasteiger partial charge in [-0.2, -0.15) is 0 Å². The maximum absolute atomic E-state index is 11.0. The Labute approximate surface area is 184 Å². The molecular weight excluding hydrogens is 413 g/mol. The molecule has 0 saturated carbocycles. The molecule has 7 nitrogen and oxygen atoms in total. The van der Waals surface area contributed by atoms with Crippen LogP contribution in [0.3, 0.4) is 0 Å². The van der Waals surface area contributed by atoms with E-state index in [1.165, 1.54) is 23.2 Å². The van der Waals surface area contributed by atoms with Crippen LogP contribution in [0.1, 0.15) is 25.1 Å². The molecule has 0 radical (unpaired) electrons. The number of nitrogens with one attached hydrogen (secondary N) is 2. The van der Waals surface area contributed by atoms with E-state index in [-0.39, 0.29) is 30.4 Å². The number of benzene rings is 1. The number of carbonyl (C=O) groups is 1. The Morgan fingerprint density at radius 2 is 1.86 bits per heavy atom. The van der Waals surface area contributed by atoms with E-state index < -0.39 is 5.91 Å². The van der Waals surface area contributed by atoms with Gasteiger partial charge in [-0.05, 0) is 39.0 Å². The number of hydrogen-bond acceptors (Lipinski definition) is 6. The summed E-state index contributed by atoms with van der Waals surface area (Å²) in [6, 6.07) is 10.5. The molecule has 1 amide bonds. The molecule has 0 atom stereocenters. The van der Waals surface area contributed by atoms with Crippen LogP contribution in [-0.4, -0.2) is 51.7 Å². The Bertz CT molecular complexity index is 755. The number of hydroxylamine groups is 1. The second kappa shape index (κ2) is 13.1. The average molecular weight is 442 g/mol. The van der Waals surface area contributed by atoms with Gasteiger partial charge in [-0.25, -0.2) is 10.5 Å². The van der Waals surface area contributed by atoms with Gasteiger partial charge in [-0.15, -0.1) is 24.8 Å². The molecule has 0 saturated heterocycles. The van der Waals surface area contributed by atoms with E-state index in [1.54, 1.807) is 12.4 Å². The van der Waals surface area contributed by atoms with Crippen molar-refractivity contribution in [2.45, 2.75) is 25.8 Å². The zero-order chi connectivity index (χ0) is 19.7. The third-order valence-corrected chi connectivity index (χ3v) is 3.94. The number of hydrogen-bond donors (Lipinski definition) is 3. The summed E-state index contributed by atoms with van der Waals surface area (Å²) in [7, 11) is 2.11. The summed E-state index contributed by atoms with van der Waals surface area (Å²) in [5.74, 6) is 0.0545.